The van der Waals surface area contributed by atoms with Gasteiger partial charge in [0.1, 0.15) is 5.76 Å². The quantitative estimate of drug-likeness (QED) is 0.876. The molecule has 3 heterocycles. The van der Waals surface area contributed by atoms with Crippen LogP contribution in [0.5, 0.6) is 0 Å². The second-order valence-electron chi connectivity index (χ2n) is 5.71. The Kier molecular flexibility index (Phi) is 4.07. The van der Waals surface area contributed by atoms with Crippen molar-refractivity contribution in [3.63, 3.8) is 0 Å². The number of carbonyl (C=O) groups excluding carboxylic acids is 1. The zero-order valence-corrected chi connectivity index (χ0v) is 13.3. The lowest BCUT2D eigenvalue weighted by molar-refractivity contribution is -0.00628. The molecular formula is C17H22N2O3. The Morgan fingerprint density at radius 1 is 1.45 bits per heavy atom. The topological polar surface area (TPSA) is 47.6 Å². The second kappa shape index (κ2) is 6.01. The molecule has 3 rings (SSSR count). The lowest BCUT2D eigenvalue weighted by Gasteiger charge is -2.35. The first kappa shape index (κ1) is 14.9. The lowest BCUT2D eigenvalue weighted by atomic mass is 10.1. The van der Waals surface area contributed by atoms with Crippen molar-refractivity contribution in [1.29, 1.82) is 0 Å². The summed E-state index contributed by atoms with van der Waals surface area (Å²) in [5.41, 5.74) is 1.98. The van der Waals surface area contributed by atoms with Crippen molar-refractivity contribution >= 4 is 5.91 Å². The molecule has 0 radical (unpaired) electrons. The average molecular weight is 302 g/mol. The van der Waals surface area contributed by atoms with Gasteiger partial charge in [-0.15, -0.1) is 0 Å². The van der Waals surface area contributed by atoms with Crippen LogP contribution in [0.2, 0.25) is 0 Å². The summed E-state index contributed by atoms with van der Waals surface area (Å²) in [6.45, 7) is 5.61. The van der Waals surface area contributed by atoms with Gasteiger partial charge in [0.05, 0.1) is 19.3 Å². The van der Waals surface area contributed by atoms with Gasteiger partial charge in [0.15, 0.2) is 5.76 Å². The third kappa shape index (κ3) is 2.57. The molecule has 2 aromatic rings. The first-order chi connectivity index (χ1) is 10.6. The van der Waals surface area contributed by atoms with Crippen LogP contribution in [-0.2, 0) is 18.2 Å². The highest BCUT2D eigenvalue weighted by Crippen LogP contribution is 2.27. The number of aromatic nitrogens is 1. The zero-order valence-electron chi connectivity index (χ0n) is 13.3. The van der Waals surface area contributed by atoms with Crippen LogP contribution >= 0.6 is 0 Å². The molecule has 1 saturated heterocycles. The SMILES string of the molecule is CCc1cc(C)c(C(=O)N2CCOC[C@H]2c2cccn2C)o1. The summed E-state index contributed by atoms with van der Waals surface area (Å²) in [5, 5.41) is 0. The van der Waals surface area contributed by atoms with Gasteiger partial charge >= 0.3 is 0 Å². The Bertz CT molecular complexity index is 671. The maximum Gasteiger partial charge on any atom is 0.290 e. The number of ether oxygens (including phenoxy) is 1. The van der Waals surface area contributed by atoms with Crippen molar-refractivity contribution in [3.8, 4) is 0 Å². The van der Waals surface area contributed by atoms with E-state index in [1.54, 1.807) is 0 Å². The molecule has 0 aliphatic carbocycles. The van der Waals surface area contributed by atoms with E-state index in [9.17, 15) is 4.79 Å². The van der Waals surface area contributed by atoms with E-state index in [1.165, 1.54) is 0 Å². The number of amides is 1. The van der Waals surface area contributed by atoms with Crippen LogP contribution in [0.3, 0.4) is 0 Å². The van der Waals surface area contributed by atoms with Gasteiger partial charge in [0.25, 0.3) is 5.91 Å². The van der Waals surface area contributed by atoms with Gasteiger partial charge in [0, 0.05) is 37.5 Å². The van der Waals surface area contributed by atoms with E-state index in [4.69, 9.17) is 9.15 Å². The molecule has 1 fully saturated rings. The molecule has 0 aromatic carbocycles. The molecule has 5 heteroatoms. The molecule has 0 saturated carbocycles. The summed E-state index contributed by atoms with van der Waals surface area (Å²) in [6.07, 6.45) is 2.78. The Labute approximate surface area is 130 Å². The standard InChI is InChI=1S/C17H22N2O3/c1-4-13-10-12(2)16(22-13)17(20)19-8-9-21-11-15(19)14-6-5-7-18(14)3/h5-7,10,15H,4,8-9,11H2,1-3H3/t15-/m0/s1. The predicted octanol–water partition coefficient (Wildman–Crippen LogP) is 2.70. The minimum Gasteiger partial charge on any atom is -0.456 e. The first-order valence-corrected chi connectivity index (χ1v) is 7.71. The maximum atomic E-state index is 12.9. The number of aryl methyl sites for hydroxylation is 3. The molecule has 1 aliphatic rings. The van der Waals surface area contributed by atoms with Crippen molar-refractivity contribution in [2.75, 3.05) is 19.8 Å². The summed E-state index contributed by atoms with van der Waals surface area (Å²) in [6, 6.07) is 5.90. The van der Waals surface area contributed by atoms with E-state index >= 15 is 0 Å². The third-order valence-electron chi connectivity index (χ3n) is 4.23. The van der Waals surface area contributed by atoms with Crippen molar-refractivity contribution in [3.05, 3.63) is 47.2 Å². The number of furan rings is 1. The number of carbonyl (C=O) groups is 1. The molecule has 0 unspecified atom stereocenters. The number of morpholine rings is 1. The van der Waals surface area contributed by atoms with Crippen LogP contribution in [-0.4, -0.2) is 35.1 Å². The van der Waals surface area contributed by atoms with Gasteiger partial charge in [0.2, 0.25) is 0 Å². The number of nitrogens with zero attached hydrogens (tertiary/aromatic N) is 2. The summed E-state index contributed by atoms with van der Waals surface area (Å²) >= 11 is 0. The molecule has 1 atom stereocenters. The molecule has 118 valence electrons. The van der Waals surface area contributed by atoms with Crippen LogP contribution in [0, 0.1) is 6.92 Å². The molecule has 0 spiro atoms. The van der Waals surface area contributed by atoms with Gasteiger partial charge in [-0.1, -0.05) is 6.92 Å². The summed E-state index contributed by atoms with van der Waals surface area (Å²) in [5.74, 6) is 1.26. The highest BCUT2D eigenvalue weighted by Gasteiger charge is 2.33. The van der Waals surface area contributed by atoms with E-state index < -0.39 is 0 Å². The fourth-order valence-corrected chi connectivity index (χ4v) is 2.98. The normalized spacial score (nSPS) is 18.7. The average Bonchev–Trinajstić information content (AvgIpc) is 3.12. The van der Waals surface area contributed by atoms with Crippen LogP contribution < -0.4 is 0 Å². The van der Waals surface area contributed by atoms with Crippen molar-refractivity contribution in [1.82, 2.24) is 9.47 Å². The van der Waals surface area contributed by atoms with Crippen LogP contribution in [0.25, 0.3) is 0 Å². The van der Waals surface area contributed by atoms with E-state index in [-0.39, 0.29) is 11.9 Å². The number of hydrogen-bond donors (Lipinski definition) is 0. The number of rotatable bonds is 3. The zero-order chi connectivity index (χ0) is 15.7. The minimum absolute atomic E-state index is 0.0494. The smallest absolute Gasteiger partial charge is 0.290 e. The molecule has 1 amide bonds. The minimum atomic E-state index is -0.0733. The third-order valence-corrected chi connectivity index (χ3v) is 4.23. The lowest BCUT2D eigenvalue weighted by Crippen LogP contribution is -2.44. The van der Waals surface area contributed by atoms with Crippen molar-refractivity contribution in [2.24, 2.45) is 7.05 Å². The van der Waals surface area contributed by atoms with Gasteiger partial charge in [-0.25, -0.2) is 0 Å². The fourth-order valence-electron chi connectivity index (χ4n) is 2.98. The summed E-state index contributed by atoms with van der Waals surface area (Å²) in [7, 11) is 1.99. The molecule has 1 aliphatic heterocycles. The van der Waals surface area contributed by atoms with Gasteiger partial charge in [-0.3, -0.25) is 4.79 Å². The first-order valence-electron chi connectivity index (χ1n) is 7.71. The highest BCUT2D eigenvalue weighted by atomic mass is 16.5. The Hall–Kier alpha value is -2.01. The monoisotopic (exact) mass is 302 g/mol. The van der Waals surface area contributed by atoms with Crippen LogP contribution in [0.15, 0.2) is 28.8 Å². The van der Waals surface area contributed by atoms with Crippen molar-refractivity contribution in [2.45, 2.75) is 26.3 Å². The molecular weight excluding hydrogens is 280 g/mol. The van der Waals surface area contributed by atoms with Gasteiger partial charge in [-0.05, 0) is 25.1 Å². The number of hydrogen-bond acceptors (Lipinski definition) is 3. The van der Waals surface area contributed by atoms with Gasteiger partial charge < -0.3 is 18.6 Å². The van der Waals surface area contributed by atoms with E-state index in [1.807, 2.05) is 54.8 Å². The van der Waals surface area contributed by atoms with Crippen molar-refractivity contribution < 1.29 is 13.9 Å². The Balaban J connectivity index is 1.91. The fraction of sp³-hybridized carbons (Fsp3) is 0.471. The molecule has 0 N–H and O–H groups in total. The Morgan fingerprint density at radius 2 is 2.27 bits per heavy atom. The van der Waals surface area contributed by atoms with Crippen LogP contribution in [0.4, 0.5) is 0 Å². The molecule has 2 aromatic heterocycles. The van der Waals surface area contributed by atoms with E-state index in [2.05, 4.69) is 0 Å². The Morgan fingerprint density at radius 3 is 2.91 bits per heavy atom. The second-order valence-corrected chi connectivity index (χ2v) is 5.71. The van der Waals surface area contributed by atoms with E-state index in [0.717, 1.165) is 23.4 Å². The molecule has 22 heavy (non-hydrogen) atoms. The molecule has 0 bridgehead atoms. The highest BCUT2D eigenvalue weighted by molar-refractivity contribution is 5.93. The predicted molar refractivity (Wildman–Crippen MR) is 82.8 cm³/mol. The summed E-state index contributed by atoms with van der Waals surface area (Å²) in [4.78, 5) is 14.8. The maximum absolute atomic E-state index is 12.9. The van der Waals surface area contributed by atoms with Crippen LogP contribution in [0.1, 0.15) is 40.5 Å². The van der Waals surface area contributed by atoms with Gasteiger partial charge in [-0.2, -0.15) is 0 Å². The largest absolute Gasteiger partial charge is 0.456 e. The van der Waals surface area contributed by atoms with E-state index in [0.29, 0.717) is 25.5 Å². The summed E-state index contributed by atoms with van der Waals surface area (Å²) < 4.78 is 13.4. The molecule has 5 nitrogen and oxygen atoms in total.